The van der Waals surface area contributed by atoms with Crippen molar-refractivity contribution in [1.82, 2.24) is 15.7 Å². The molecular formula is C18H27N3O7. The number of hydrogen-bond acceptors (Lipinski definition) is 8. The van der Waals surface area contributed by atoms with Crippen LogP contribution in [0.5, 0.6) is 0 Å². The van der Waals surface area contributed by atoms with Crippen LogP contribution < -0.4 is 10.6 Å². The van der Waals surface area contributed by atoms with E-state index in [0.717, 1.165) is 5.56 Å². The number of benzene rings is 1. The van der Waals surface area contributed by atoms with Gasteiger partial charge in [-0.2, -0.15) is 5.06 Å². The van der Waals surface area contributed by atoms with Gasteiger partial charge >= 0.3 is 0 Å². The molecule has 28 heavy (non-hydrogen) atoms. The lowest BCUT2D eigenvalue weighted by Gasteiger charge is -2.45. The highest BCUT2D eigenvalue weighted by Gasteiger charge is 2.46. The van der Waals surface area contributed by atoms with Crippen LogP contribution in [0.1, 0.15) is 12.5 Å². The molecule has 1 aliphatic heterocycles. The number of ether oxygens (including phenoxy) is 1. The lowest BCUT2D eigenvalue weighted by molar-refractivity contribution is -0.301. The Morgan fingerprint density at radius 3 is 2.50 bits per heavy atom. The van der Waals surface area contributed by atoms with Crippen molar-refractivity contribution < 1.29 is 34.5 Å². The van der Waals surface area contributed by atoms with Crippen LogP contribution in [0, 0.1) is 0 Å². The topological polar surface area (TPSA) is 141 Å². The SMILES string of the molecule is CC(=O)N[C@@H]1[C@@H](O)[C@H](O)[C@@H](CO)O[C@H]1N(C)OCC(=O)NCc1ccccc1. The molecule has 1 heterocycles. The Hall–Kier alpha value is -2.08. The van der Waals surface area contributed by atoms with E-state index in [1.807, 2.05) is 30.3 Å². The van der Waals surface area contributed by atoms with Crippen LogP contribution in [0.15, 0.2) is 30.3 Å². The van der Waals surface area contributed by atoms with Crippen molar-refractivity contribution in [3.8, 4) is 0 Å². The monoisotopic (exact) mass is 397 g/mol. The number of carbonyl (C=O) groups is 2. The van der Waals surface area contributed by atoms with Gasteiger partial charge in [0.05, 0.1) is 12.6 Å². The van der Waals surface area contributed by atoms with Gasteiger partial charge in [-0.3, -0.25) is 14.4 Å². The fourth-order valence-corrected chi connectivity index (χ4v) is 2.88. The Bertz CT molecular complexity index is 645. The van der Waals surface area contributed by atoms with Gasteiger partial charge in [-0.15, -0.1) is 0 Å². The number of aliphatic hydroxyl groups is 3. The molecule has 0 saturated carbocycles. The first-order chi connectivity index (χ1) is 13.3. The number of hydroxylamine groups is 2. The molecule has 0 aliphatic carbocycles. The summed E-state index contributed by atoms with van der Waals surface area (Å²) in [4.78, 5) is 28.8. The zero-order valence-corrected chi connectivity index (χ0v) is 15.8. The van der Waals surface area contributed by atoms with Gasteiger partial charge in [0, 0.05) is 20.5 Å². The number of carbonyl (C=O) groups excluding carboxylic acids is 2. The van der Waals surface area contributed by atoms with Gasteiger partial charge in [-0.25, -0.2) is 0 Å². The zero-order valence-electron chi connectivity index (χ0n) is 15.8. The molecule has 156 valence electrons. The predicted molar refractivity (Wildman–Crippen MR) is 97.4 cm³/mol. The lowest BCUT2D eigenvalue weighted by atomic mass is 9.96. The third kappa shape index (κ3) is 5.96. The molecule has 0 unspecified atom stereocenters. The zero-order chi connectivity index (χ0) is 20.7. The normalized spacial score (nSPS) is 27.4. The van der Waals surface area contributed by atoms with Crippen molar-refractivity contribution in [2.24, 2.45) is 0 Å². The van der Waals surface area contributed by atoms with Crippen molar-refractivity contribution in [2.45, 2.75) is 44.1 Å². The van der Waals surface area contributed by atoms with Gasteiger partial charge < -0.3 is 30.7 Å². The molecule has 0 radical (unpaired) electrons. The summed E-state index contributed by atoms with van der Waals surface area (Å²) in [5.41, 5.74) is 0.938. The van der Waals surface area contributed by atoms with Gasteiger partial charge in [0.1, 0.15) is 24.9 Å². The fourth-order valence-electron chi connectivity index (χ4n) is 2.88. The highest BCUT2D eigenvalue weighted by Crippen LogP contribution is 2.23. The Morgan fingerprint density at radius 2 is 1.89 bits per heavy atom. The number of amides is 2. The molecule has 1 aromatic rings. The van der Waals surface area contributed by atoms with Crippen molar-refractivity contribution >= 4 is 11.8 Å². The standard InChI is InChI=1S/C18H27N3O7/c1-11(23)20-15-17(26)16(25)13(9-22)28-18(15)21(2)27-10-14(24)19-8-12-6-4-3-5-7-12/h3-7,13,15-18,22,25-26H,8-10H2,1-2H3,(H,19,24)(H,20,23)/t13-,15-,16-,17-,18-/m1/s1. The lowest BCUT2D eigenvalue weighted by Crippen LogP contribution is -2.67. The summed E-state index contributed by atoms with van der Waals surface area (Å²) >= 11 is 0. The first-order valence-electron chi connectivity index (χ1n) is 8.89. The van der Waals surface area contributed by atoms with E-state index < -0.39 is 43.1 Å². The highest BCUT2D eigenvalue weighted by atomic mass is 16.7. The molecule has 1 fully saturated rings. The molecule has 1 aliphatic rings. The number of nitrogens with one attached hydrogen (secondary N) is 2. The minimum atomic E-state index is -1.39. The second kappa shape index (κ2) is 10.5. The van der Waals surface area contributed by atoms with Gasteiger partial charge in [0.25, 0.3) is 0 Å². The minimum absolute atomic E-state index is 0.321. The summed E-state index contributed by atoms with van der Waals surface area (Å²) in [5, 5.41) is 36.0. The molecule has 0 spiro atoms. The number of rotatable bonds is 8. The van der Waals surface area contributed by atoms with E-state index in [0.29, 0.717) is 6.54 Å². The average molecular weight is 397 g/mol. The van der Waals surface area contributed by atoms with Crippen LogP contribution in [0.2, 0.25) is 0 Å². The smallest absolute Gasteiger partial charge is 0.248 e. The quantitative estimate of drug-likeness (QED) is 0.321. The maximum absolute atomic E-state index is 12.0. The molecule has 1 saturated heterocycles. The molecular weight excluding hydrogens is 370 g/mol. The molecule has 0 aromatic heterocycles. The molecule has 0 bridgehead atoms. The van der Waals surface area contributed by atoms with E-state index in [-0.39, 0.29) is 12.5 Å². The van der Waals surface area contributed by atoms with Crippen LogP contribution in [0.3, 0.4) is 0 Å². The average Bonchev–Trinajstić information content (AvgIpc) is 2.68. The second-order valence-corrected chi connectivity index (χ2v) is 6.54. The number of aliphatic hydroxyl groups excluding tert-OH is 3. The van der Waals surface area contributed by atoms with Crippen molar-refractivity contribution in [2.75, 3.05) is 20.3 Å². The predicted octanol–water partition coefficient (Wildman–Crippen LogP) is -1.89. The van der Waals surface area contributed by atoms with E-state index in [4.69, 9.17) is 9.57 Å². The summed E-state index contributed by atoms with van der Waals surface area (Å²) in [5.74, 6) is -0.816. The highest BCUT2D eigenvalue weighted by molar-refractivity contribution is 5.77. The van der Waals surface area contributed by atoms with Crippen LogP contribution >= 0.6 is 0 Å². The second-order valence-electron chi connectivity index (χ2n) is 6.54. The number of nitrogens with zero attached hydrogens (tertiary/aromatic N) is 1. The Morgan fingerprint density at radius 1 is 1.21 bits per heavy atom. The molecule has 10 heteroatoms. The Kier molecular flexibility index (Phi) is 8.30. The van der Waals surface area contributed by atoms with Crippen LogP contribution in [-0.4, -0.2) is 83.0 Å². The summed E-state index contributed by atoms with van der Waals surface area (Å²) in [7, 11) is 1.46. The summed E-state index contributed by atoms with van der Waals surface area (Å²) < 4.78 is 5.55. The number of hydrogen-bond donors (Lipinski definition) is 5. The molecule has 5 N–H and O–H groups in total. The van der Waals surface area contributed by atoms with Gasteiger partial charge in [0.15, 0.2) is 6.23 Å². The molecule has 5 atom stereocenters. The molecule has 2 amide bonds. The molecule has 2 rings (SSSR count). The van der Waals surface area contributed by atoms with E-state index >= 15 is 0 Å². The molecule has 10 nitrogen and oxygen atoms in total. The van der Waals surface area contributed by atoms with Gasteiger partial charge in [-0.05, 0) is 5.56 Å². The van der Waals surface area contributed by atoms with E-state index in [1.165, 1.54) is 19.0 Å². The summed E-state index contributed by atoms with van der Waals surface area (Å²) in [6.07, 6.45) is -4.87. The Balaban J connectivity index is 1.92. The largest absolute Gasteiger partial charge is 0.394 e. The number of likely N-dealkylation sites (N-methyl/N-ethyl adjacent to an activating group) is 1. The first-order valence-corrected chi connectivity index (χ1v) is 8.89. The van der Waals surface area contributed by atoms with E-state index in [1.54, 1.807) is 0 Å². The Labute approximate surface area is 163 Å². The maximum atomic E-state index is 12.0. The van der Waals surface area contributed by atoms with Crippen LogP contribution in [0.4, 0.5) is 0 Å². The minimum Gasteiger partial charge on any atom is -0.394 e. The third-order valence-electron chi connectivity index (χ3n) is 4.36. The maximum Gasteiger partial charge on any atom is 0.248 e. The van der Waals surface area contributed by atoms with Crippen molar-refractivity contribution in [3.05, 3.63) is 35.9 Å². The summed E-state index contributed by atoms with van der Waals surface area (Å²) in [6, 6.07) is 8.35. The van der Waals surface area contributed by atoms with Gasteiger partial charge in [-0.1, -0.05) is 30.3 Å². The van der Waals surface area contributed by atoms with E-state index in [2.05, 4.69) is 10.6 Å². The first kappa shape index (κ1) is 22.2. The van der Waals surface area contributed by atoms with Gasteiger partial charge in [0.2, 0.25) is 11.8 Å². The molecule has 1 aromatic carbocycles. The van der Waals surface area contributed by atoms with E-state index in [9.17, 15) is 24.9 Å². The van der Waals surface area contributed by atoms with Crippen LogP contribution in [0.25, 0.3) is 0 Å². The van der Waals surface area contributed by atoms with Crippen LogP contribution in [-0.2, 0) is 25.7 Å². The third-order valence-corrected chi connectivity index (χ3v) is 4.36. The van der Waals surface area contributed by atoms with Crippen molar-refractivity contribution in [1.29, 1.82) is 0 Å². The van der Waals surface area contributed by atoms with Crippen molar-refractivity contribution in [3.63, 3.8) is 0 Å². The summed E-state index contributed by atoms with van der Waals surface area (Å²) in [6.45, 7) is 0.746. The fraction of sp³-hybridized carbons (Fsp3) is 0.556.